The molecular formula is C22H25NO5. The van der Waals surface area contributed by atoms with E-state index >= 15 is 0 Å². The van der Waals surface area contributed by atoms with Crippen LogP contribution >= 0.6 is 0 Å². The van der Waals surface area contributed by atoms with Crippen molar-refractivity contribution in [2.45, 2.75) is 24.7 Å². The highest BCUT2D eigenvalue weighted by atomic mass is 16.5. The minimum atomic E-state index is -1.03. The fourth-order valence-electron chi connectivity index (χ4n) is 3.66. The zero-order valence-electron chi connectivity index (χ0n) is 15.9. The second-order valence-corrected chi connectivity index (χ2v) is 7.04. The third kappa shape index (κ3) is 4.51. The van der Waals surface area contributed by atoms with E-state index in [2.05, 4.69) is 5.32 Å². The molecule has 3 rings (SSSR count). The lowest BCUT2D eigenvalue weighted by Crippen LogP contribution is -2.45. The highest BCUT2D eigenvalue weighted by Crippen LogP contribution is 2.35. The van der Waals surface area contributed by atoms with Crippen LogP contribution in [-0.2, 0) is 21.4 Å². The molecule has 0 spiro atoms. The smallest absolute Gasteiger partial charge is 0.335 e. The highest BCUT2D eigenvalue weighted by Gasteiger charge is 2.35. The molecule has 148 valence electrons. The molecule has 1 saturated heterocycles. The monoisotopic (exact) mass is 383 g/mol. The number of rotatable bonds is 7. The molecule has 0 unspecified atom stereocenters. The average molecular weight is 383 g/mol. The average Bonchev–Trinajstić information content (AvgIpc) is 2.73. The third-order valence-corrected chi connectivity index (χ3v) is 5.38. The summed E-state index contributed by atoms with van der Waals surface area (Å²) in [4.78, 5) is 23.9. The zero-order chi connectivity index (χ0) is 20.0. The molecule has 28 heavy (non-hydrogen) atoms. The van der Waals surface area contributed by atoms with Crippen molar-refractivity contribution in [2.75, 3.05) is 26.9 Å². The molecular weight excluding hydrogens is 358 g/mol. The van der Waals surface area contributed by atoms with Gasteiger partial charge >= 0.3 is 5.97 Å². The predicted molar refractivity (Wildman–Crippen MR) is 105 cm³/mol. The standard InChI is InChI=1S/C22H25NO5/c1-27-18-8-6-17(7-9-18)22(10-12-28-13-11-22)15-23-20(24)14-16-4-2-3-5-19(16)21(25)26/h2-9H,10-15H2,1H3,(H,23,24)(H,25,26). The Morgan fingerprint density at radius 1 is 1.11 bits per heavy atom. The molecule has 0 bridgehead atoms. The largest absolute Gasteiger partial charge is 0.497 e. The Hall–Kier alpha value is -2.86. The van der Waals surface area contributed by atoms with Gasteiger partial charge in [-0.3, -0.25) is 4.79 Å². The van der Waals surface area contributed by atoms with E-state index in [4.69, 9.17) is 9.47 Å². The second-order valence-electron chi connectivity index (χ2n) is 7.04. The summed E-state index contributed by atoms with van der Waals surface area (Å²) in [7, 11) is 1.63. The first-order chi connectivity index (χ1) is 13.5. The van der Waals surface area contributed by atoms with Crippen LogP contribution in [0.15, 0.2) is 48.5 Å². The summed E-state index contributed by atoms with van der Waals surface area (Å²) < 4.78 is 10.8. The number of hydrogen-bond acceptors (Lipinski definition) is 4. The molecule has 2 aromatic rings. The normalized spacial score (nSPS) is 15.6. The summed E-state index contributed by atoms with van der Waals surface area (Å²) in [5, 5.41) is 12.3. The Bertz CT molecular complexity index is 825. The minimum absolute atomic E-state index is 0.0394. The van der Waals surface area contributed by atoms with E-state index in [1.165, 1.54) is 6.07 Å². The van der Waals surface area contributed by atoms with E-state index in [1.807, 2.05) is 24.3 Å². The van der Waals surface area contributed by atoms with Crippen LogP contribution in [-0.4, -0.2) is 43.9 Å². The van der Waals surface area contributed by atoms with Crippen LogP contribution in [0, 0.1) is 0 Å². The quantitative estimate of drug-likeness (QED) is 0.768. The lowest BCUT2D eigenvalue weighted by molar-refractivity contribution is -0.121. The highest BCUT2D eigenvalue weighted by molar-refractivity contribution is 5.91. The molecule has 0 aromatic heterocycles. The van der Waals surface area contributed by atoms with Gasteiger partial charge in [0.1, 0.15) is 5.75 Å². The first kappa shape index (κ1) is 19.9. The third-order valence-electron chi connectivity index (χ3n) is 5.38. The van der Waals surface area contributed by atoms with Crippen molar-refractivity contribution in [3.63, 3.8) is 0 Å². The summed E-state index contributed by atoms with van der Waals surface area (Å²) in [5.41, 5.74) is 1.61. The molecule has 6 nitrogen and oxygen atoms in total. The molecule has 1 aliphatic rings. The molecule has 2 N–H and O–H groups in total. The van der Waals surface area contributed by atoms with Crippen LogP contribution < -0.4 is 10.1 Å². The first-order valence-corrected chi connectivity index (χ1v) is 9.34. The molecule has 0 atom stereocenters. The summed E-state index contributed by atoms with van der Waals surface area (Å²) in [6.45, 7) is 1.77. The van der Waals surface area contributed by atoms with Crippen molar-refractivity contribution in [3.8, 4) is 5.75 Å². The number of carbonyl (C=O) groups excluding carboxylic acids is 1. The second kappa shape index (κ2) is 8.89. The Balaban J connectivity index is 1.72. The molecule has 1 amide bonds. The van der Waals surface area contributed by atoms with E-state index in [1.54, 1.807) is 25.3 Å². The Morgan fingerprint density at radius 2 is 1.79 bits per heavy atom. The number of amides is 1. The van der Waals surface area contributed by atoms with Gasteiger partial charge in [-0.1, -0.05) is 30.3 Å². The SMILES string of the molecule is COc1ccc(C2(CNC(=O)Cc3ccccc3C(=O)O)CCOCC2)cc1. The van der Waals surface area contributed by atoms with Crippen molar-refractivity contribution in [1.29, 1.82) is 0 Å². The number of ether oxygens (including phenoxy) is 2. The molecule has 0 radical (unpaired) electrons. The number of nitrogens with one attached hydrogen (secondary N) is 1. The van der Waals surface area contributed by atoms with E-state index in [-0.39, 0.29) is 23.3 Å². The van der Waals surface area contributed by atoms with Crippen molar-refractivity contribution < 1.29 is 24.2 Å². The van der Waals surface area contributed by atoms with E-state index in [0.29, 0.717) is 25.3 Å². The van der Waals surface area contributed by atoms with Gasteiger partial charge in [0, 0.05) is 25.2 Å². The maximum absolute atomic E-state index is 12.5. The van der Waals surface area contributed by atoms with Gasteiger partial charge in [0.25, 0.3) is 0 Å². The van der Waals surface area contributed by atoms with Gasteiger partial charge in [-0.05, 0) is 42.2 Å². The molecule has 1 aliphatic heterocycles. The van der Waals surface area contributed by atoms with Gasteiger partial charge in [0.2, 0.25) is 5.91 Å². The first-order valence-electron chi connectivity index (χ1n) is 9.34. The topological polar surface area (TPSA) is 84.9 Å². The molecule has 1 heterocycles. The minimum Gasteiger partial charge on any atom is -0.497 e. The van der Waals surface area contributed by atoms with Crippen molar-refractivity contribution in [1.82, 2.24) is 5.32 Å². The van der Waals surface area contributed by atoms with Gasteiger partial charge in [-0.2, -0.15) is 0 Å². The van der Waals surface area contributed by atoms with Gasteiger partial charge in [0.15, 0.2) is 0 Å². The number of carboxylic acids is 1. The van der Waals surface area contributed by atoms with Gasteiger partial charge < -0.3 is 19.9 Å². The van der Waals surface area contributed by atoms with Crippen LogP contribution in [0.4, 0.5) is 0 Å². The van der Waals surface area contributed by atoms with Crippen molar-refractivity contribution >= 4 is 11.9 Å². The maximum atomic E-state index is 12.5. The lowest BCUT2D eigenvalue weighted by Gasteiger charge is -2.38. The van der Waals surface area contributed by atoms with Crippen LogP contribution in [0.5, 0.6) is 5.75 Å². The molecule has 6 heteroatoms. The number of aromatic carboxylic acids is 1. The number of benzene rings is 2. The van der Waals surface area contributed by atoms with Gasteiger partial charge in [-0.25, -0.2) is 4.79 Å². The van der Waals surface area contributed by atoms with E-state index in [0.717, 1.165) is 24.2 Å². The van der Waals surface area contributed by atoms with Crippen LogP contribution in [0.3, 0.4) is 0 Å². The van der Waals surface area contributed by atoms with Crippen LogP contribution in [0.2, 0.25) is 0 Å². The zero-order valence-corrected chi connectivity index (χ0v) is 15.9. The summed E-state index contributed by atoms with van der Waals surface area (Å²) in [6, 6.07) is 14.5. The molecule has 0 aliphatic carbocycles. The molecule has 2 aromatic carbocycles. The van der Waals surface area contributed by atoms with Gasteiger partial charge in [-0.15, -0.1) is 0 Å². The Morgan fingerprint density at radius 3 is 2.43 bits per heavy atom. The summed E-state index contributed by atoms with van der Waals surface area (Å²) >= 11 is 0. The van der Waals surface area contributed by atoms with Crippen molar-refractivity contribution in [2.24, 2.45) is 0 Å². The van der Waals surface area contributed by atoms with Gasteiger partial charge in [0.05, 0.1) is 19.1 Å². The molecule has 0 saturated carbocycles. The molecule has 1 fully saturated rings. The van der Waals surface area contributed by atoms with Crippen LogP contribution in [0.1, 0.15) is 34.3 Å². The van der Waals surface area contributed by atoms with E-state index in [9.17, 15) is 14.7 Å². The number of methoxy groups -OCH3 is 1. The fraction of sp³-hybridized carbons (Fsp3) is 0.364. The fourth-order valence-corrected chi connectivity index (χ4v) is 3.66. The number of carboxylic acid groups (broad SMARTS) is 1. The lowest BCUT2D eigenvalue weighted by atomic mass is 9.74. The maximum Gasteiger partial charge on any atom is 0.335 e. The Labute approximate surface area is 164 Å². The van der Waals surface area contributed by atoms with Crippen LogP contribution in [0.25, 0.3) is 0 Å². The predicted octanol–water partition coefficient (Wildman–Crippen LogP) is 2.80. The summed E-state index contributed by atoms with van der Waals surface area (Å²) in [6.07, 6.45) is 1.66. The summed E-state index contributed by atoms with van der Waals surface area (Å²) in [5.74, 6) is -0.420. The Kier molecular flexibility index (Phi) is 6.31. The number of carbonyl (C=O) groups is 2. The van der Waals surface area contributed by atoms with E-state index < -0.39 is 5.97 Å². The van der Waals surface area contributed by atoms with Crippen molar-refractivity contribution in [3.05, 3.63) is 65.2 Å². The number of hydrogen-bond donors (Lipinski definition) is 2.